The Morgan fingerprint density at radius 1 is 0.570 bits per heavy atom. The summed E-state index contributed by atoms with van der Waals surface area (Å²) >= 11 is 0. The van der Waals surface area contributed by atoms with Crippen molar-refractivity contribution >= 4 is 76.5 Å². The number of amides is 7. The lowest BCUT2D eigenvalue weighted by Gasteiger charge is -2.25. The monoisotopic (exact) mass is 1390 g/mol. The molecule has 0 radical (unpaired) electrons. The van der Waals surface area contributed by atoms with Gasteiger partial charge in [0.2, 0.25) is 11.8 Å². The van der Waals surface area contributed by atoms with Crippen molar-refractivity contribution < 1.29 is 91.3 Å². The number of esters is 1. The number of benzene rings is 4. The molecule has 0 spiro atoms. The van der Waals surface area contributed by atoms with Gasteiger partial charge < -0.3 is 69.1 Å². The van der Waals surface area contributed by atoms with Crippen LogP contribution >= 0.6 is 0 Å². The van der Waals surface area contributed by atoms with Crippen molar-refractivity contribution in [3.63, 3.8) is 0 Å². The number of rotatable bonds is 38. The molecule has 0 aromatic heterocycles. The van der Waals surface area contributed by atoms with Crippen LogP contribution in [0.5, 0.6) is 17.2 Å². The Morgan fingerprint density at radius 3 is 1.62 bits per heavy atom. The number of Topliss-reactive ketones (excluding diaryl/α,β-unsaturated/α-hetero) is 2. The fourth-order valence-corrected chi connectivity index (χ4v) is 11.4. The summed E-state index contributed by atoms with van der Waals surface area (Å²) in [6.07, 6.45) is 4.35. The number of unbranched alkanes of at least 4 members (excludes halogenated alkanes) is 2. The zero-order valence-corrected chi connectivity index (χ0v) is 58.5. The van der Waals surface area contributed by atoms with Crippen LogP contribution in [0.2, 0.25) is 0 Å². The molecule has 6 rings (SSSR count). The second-order valence-corrected chi connectivity index (χ2v) is 25.6. The van der Waals surface area contributed by atoms with E-state index in [0.717, 1.165) is 0 Å². The number of ketones is 2. The van der Waals surface area contributed by atoms with E-state index in [1.807, 2.05) is 13.8 Å². The quantitative estimate of drug-likeness (QED) is 0.00949. The molecule has 26 heteroatoms. The molecule has 2 saturated heterocycles. The van der Waals surface area contributed by atoms with E-state index in [-0.39, 0.29) is 135 Å². The number of carbonyl (C=O) groups is 10. The molecule has 0 saturated carbocycles. The molecule has 2 aliphatic heterocycles. The topological polar surface area (TPSA) is 342 Å². The molecule has 7 amide bonds. The maximum absolute atomic E-state index is 14.1. The van der Waals surface area contributed by atoms with E-state index in [2.05, 4.69) is 39.7 Å². The SMILES string of the molecule is C=CCOC(=O)C[C@H](C(=O)N[C@@H](C)C(=O)Cc1ccc(COC(=O)Nc2cc(OCCCCCOc3cc(NC(=O)OCc4ccc(NC(=O)[C@H](C)CC(=O)[C@@H](NC(=O)OCC=C)C(C)C)cc4)c(C(=O)N4CCC[C@H]4CO)cc3OC)c(C)cc2C(=O)N2CCC[C@H]2CO)cc1)C(C)C. The molecule has 4 aromatic rings. The molecule has 2 fully saturated rings. The van der Waals surface area contributed by atoms with Crippen molar-refractivity contribution in [1.29, 1.82) is 0 Å². The highest BCUT2D eigenvalue weighted by Crippen LogP contribution is 2.37. The number of hydrogen-bond acceptors (Lipinski definition) is 19. The van der Waals surface area contributed by atoms with Crippen molar-refractivity contribution in [2.45, 2.75) is 150 Å². The third kappa shape index (κ3) is 23.7. The molecule has 0 unspecified atom stereocenters. The van der Waals surface area contributed by atoms with E-state index in [1.54, 1.807) is 105 Å². The fourth-order valence-electron chi connectivity index (χ4n) is 11.4. The number of methoxy groups -OCH3 is 1. The highest BCUT2D eigenvalue weighted by molar-refractivity contribution is 6.05. The van der Waals surface area contributed by atoms with Crippen molar-refractivity contribution in [2.24, 2.45) is 23.7 Å². The van der Waals surface area contributed by atoms with Gasteiger partial charge in [0.15, 0.2) is 23.1 Å². The lowest BCUT2D eigenvalue weighted by Crippen LogP contribution is -2.45. The van der Waals surface area contributed by atoms with E-state index in [4.69, 9.17) is 33.2 Å². The normalized spacial score (nSPS) is 15.3. The van der Waals surface area contributed by atoms with Crippen LogP contribution in [-0.2, 0) is 62.6 Å². The van der Waals surface area contributed by atoms with E-state index in [9.17, 15) is 58.2 Å². The summed E-state index contributed by atoms with van der Waals surface area (Å²) < 4.78 is 39.4. The first kappa shape index (κ1) is 79.2. The lowest BCUT2D eigenvalue weighted by molar-refractivity contribution is -0.146. The molecule has 0 aliphatic carbocycles. The molecule has 26 nitrogen and oxygen atoms in total. The van der Waals surface area contributed by atoms with Crippen molar-refractivity contribution in [2.75, 3.05) is 75.8 Å². The van der Waals surface area contributed by atoms with Crippen LogP contribution < -0.4 is 40.8 Å². The number of anilines is 3. The first-order chi connectivity index (χ1) is 47.9. The van der Waals surface area contributed by atoms with Crippen LogP contribution in [-0.4, -0.2) is 163 Å². The Labute approximate surface area is 584 Å². The number of ether oxygens (including phenoxy) is 7. The van der Waals surface area contributed by atoms with E-state index in [1.165, 1.54) is 31.4 Å². The Bertz CT molecular complexity index is 3500. The molecule has 2 heterocycles. The Kier molecular flexibility index (Phi) is 31.4. The van der Waals surface area contributed by atoms with Crippen molar-refractivity contribution in [1.82, 2.24) is 20.4 Å². The van der Waals surface area contributed by atoms with E-state index < -0.39 is 78.0 Å². The number of aliphatic hydroxyl groups is 2. The zero-order chi connectivity index (χ0) is 73.0. The van der Waals surface area contributed by atoms with E-state index >= 15 is 0 Å². The Hall–Kier alpha value is -9.82. The van der Waals surface area contributed by atoms with Gasteiger partial charge in [0.05, 0.1) is 92.5 Å². The third-order valence-corrected chi connectivity index (χ3v) is 17.2. The smallest absolute Gasteiger partial charge is 0.411 e. The van der Waals surface area contributed by atoms with Crippen LogP contribution in [0.25, 0.3) is 0 Å². The lowest BCUT2D eigenvalue weighted by atomic mass is 9.91. The Balaban J connectivity index is 1.03. The summed E-state index contributed by atoms with van der Waals surface area (Å²) in [5.41, 5.74) is 3.34. The van der Waals surface area contributed by atoms with Gasteiger partial charge in [-0.3, -0.25) is 44.2 Å². The summed E-state index contributed by atoms with van der Waals surface area (Å²) in [5, 5.41) is 33.7. The van der Waals surface area contributed by atoms with Crippen LogP contribution in [0.1, 0.15) is 142 Å². The summed E-state index contributed by atoms with van der Waals surface area (Å²) in [6, 6.07) is 17.0. The maximum atomic E-state index is 14.1. The molecule has 0 bridgehead atoms. The molecular weight excluding hydrogens is 1290 g/mol. The number of likely N-dealkylation sites (tertiary alicyclic amines) is 2. The molecule has 2 aliphatic rings. The molecule has 542 valence electrons. The summed E-state index contributed by atoms with van der Waals surface area (Å²) in [7, 11) is 1.42. The number of hydrogen-bond donors (Lipinski definition) is 7. The van der Waals surface area contributed by atoms with Crippen molar-refractivity contribution in [3.05, 3.63) is 131 Å². The van der Waals surface area contributed by atoms with Crippen molar-refractivity contribution in [3.8, 4) is 17.2 Å². The largest absolute Gasteiger partial charge is 0.493 e. The fraction of sp³-hybridized carbons (Fsp3) is 0.486. The molecule has 100 heavy (non-hydrogen) atoms. The first-order valence-electron chi connectivity index (χ1n) is 33.9. The minimum Gasteiger partial charge on any atom is -0.493 e. The number of carbonyl (C=O) groups excluding carboxylic acids is 10. The maximum Gasteiger partial charge on any atom is 0.411 e. The van der Waals surface area contributed by atoms with Gasteiger partial charge >= 0.3 is 24.2 Å². The number of alkyl carbamates (subject to hydrolysis) is 1. The van der Waals surface area contributed by atoms with Crippen LogP contribution in [0.15, 0.2) is 98.1 Å². The van der Waals surface area contributed by atoms with Crippen LogP contribution in [0.4, 0.5) is 31.4 Å². The number of nitrogens with one attached hydrogen (secondary N) is 5. The average Bonchev–Trinajstić information content (AvgIpc) is 1.33. The second kappa shape index (κ2) is 39.7. The van der Waals surface area contributed by atoms with Gasteiger partial charge in [-0.15, -0.1) is 0 Å². The molecular formula is C74H97N7O19. The molecule has 4 aromatic carbocycles. The third-order valence-electron chi connectivity index (χ3n) is 17.2. The summed E-state index contributed by atoms with van der Waals surface area (Å²) in [4.78, 5) is 135. The number of aryl methyl sites for hydroxylation is 1. The van der Waals surface area contributed by atoms with Crippen LogP contribution in [0, 0.1) is 30.6 Å². The highest BCUT2D eigenvalue weighted by Gasteiger charge is 2.35. The predicted molar refractivity (Wildman–Crippen MR) is 373 cm³/mol. The van der Waals surface area contributed by atoms with Gasteiger partial charge in [-0.25, -0.2) is 14.4 Å². The molecule has 6 atom stereocenters. The van der Waals surface area contributed by atoms with Gasteiger partial charge in [0.25, 0.3) is 11.8 Å². The highest BCUT2D eigenvalue weighted by atomic mass is 16.6. The first-order valence-corrected chi connectivity index (χ1v) is 33.9. The minimum atomic E-state index is -0.894. The van der Waals surface area contributed by atoms with E-state index in [0.29, 0.717) is 91.7 Å². The average molecular weight is 1390 g/mol. The Morgan fingerprint density at radius 2 is 1.09 bits per heavy atom. The summed E-state index contributed by atoms with van der Waals surface area (Å²) in [6.45, 7) is 19.6. The van der Waals surface area contributed by atoms with Crippen LogP contribution in [0.3, 0.4) is 0 Å². The molecule has 7 N–H and O–H groups in total. The minimum absolute atomic E-state index is 0.00407. The standard InChI is InChI=1S/C74H97N7O19/c1-11-30-97-66(86)38-56(45(3)4)69(88)75-49(9)61(84)36-50-20-22-51(23-21-50)43-99-72(91)77-59-39-63(47(7)34-57(59)70(89)80-28-16-18-54(80)41-82)95-32-14-13-15-33-96-65-40-60(58(37-64(65)94-10)71(90)81-29-17-19-55(81)42-83)78-73(92)100-44-52-24-26-53(27-25-52)76-68(87)48(8)35-62(85)67(46(5)6)79-74(93)98-31-12-2/h11-12,20-27,34,37,39-40,45-46,48-49,54-56,67,82-83H,1-2,13-19,28-33,35-36,38,41-44H2,3-10H3,(H,75,88)(H,76,87)(H,77,91)(H,78,92)(H,79,93)/t48-,49+,54+,55+,56+,67+/m1/s1. The van der Waals surface area contributed by atoms with Gasteiger partial charge in [0, 0.05) is 49.7 Å². The van der Waals surface area contributed by atoms with Gasteiger partial charge in [-0.05, 0) is 117 Å². The number of nitrogens with zero attached hydrogens (tertiary/aromatic N) is 2. The van der Waals surface area contributed by atoms with Gasteiger partial charge in [-0.2, -0.15) is 0 Å². The summed E-state index contributed by atoms with van der Waals surface area (Å²) in [5.74, 6) is -3.85. The zero-order valence-electron chi connectivity index (χ0n) is 58.5. The predicted octanol–water partition coefficient (Wildman–Crippen LogP) is 9.80. The van der Waals surface area contributed by atoms with Gasteiger partial charge in [-0.1, -0.05) is 96.3 Å². The van der Waals surface area contributed by atoms with Gasteiger partial charge in [0.1, 0.15) is 32.2 Å². The number of aliphatic hydroxyl groups excluding tert-OH is 2. The second-order valence-electron chi connectivity index (χ2n) is 25.6.